The Morgan fingerprint density at radius 1 is 1.16 bits per heavy atom. The molecule has 4 aromatic rings. The maximum atomic E-state index is 13.2. The number of nitrogens with zero attached hydrogens (tertiary/aromatic N) is 1. The largest absolute Gasteiger partial charge is 0.478 e. The number of halogens is 4. The van der Waals surface area contributed by atoms with Crippen molar-refractivity contribution in [1.82, 2.24) is 4.98 Å². The molecule has 0 radical (unpaired) electrons. The van der Waals surface area contributed by atoms with Crippen molar-refractivity contribution in [3.05, 3.63) is 69.9 Å². The lowest BCUT2D eigenvalue weighted by molar-refractivity contribution is -0.137. The zero-order valence-electron chi connectivity index (χ0n) is 15.2. The van der Waals surface area contributed by atoms with Crippen molar-refractivity contribution in [3.8, 4) is 10.4 Å². The van der Waals surface area contributed by atoms with E-state index in [0.717, 1.165) is 23.5 Å². The molecule has 2 N–H and O–H groups in total. The molecule has 0 spiro atoms. The van der Waals surface area contributed by atoms with Crippen LogP contribution in [-0.2, 0) is 6.18 Å². The van der Waals surface area contributed by atoms with Crippen LogP contribution in [0, 0.1) is 0 Å². The molecule has 0 aliphatic rings. The van der Waals surface area contributed by atoms with Gasteiger partial charge in [-0.1, -0.05) is 29.8 Å². The number of anilines is 1. The number of hydrogen-bond acceptors (Lipinski definition) is 5. The van der Waals surface area contributed by atoms with E-state index in [4.69, 9.17) is 16.0 Å². The van der Waals surface area contributed by atoms with Crippen LogP contribution in [0.4, 0.5) is 18.9 Å². The normalized spacial score (nSPS) is 11.6. The minimum absolute atomic E-state index is 0.00138. The van der Waals surface area contributed by atoms with Crippen LogP contribution in [0.1, 0.15) is 26.6 Å². The number of aromatic nitrogens is 1. The fourth-order valence-electron chi connectivity index (χ4n) is 2.90. The molecule has 6 nitrogen and oxygen atoms in total. The Kier molecular flexibility index (Phi) is 5.19. The predicted octanol–water partition coefficient (Wildman–Crippen LogP) is 6.18. The lowest BCUT2D eigenvalue weighted by Gasteiger charge is -2.11. The number of alkyl halides is 3. The first kappa shape index (κ1) is 20.9. The van der Waals surface area contributed by atoms with Gasteiger partial charge in [0.15, 0.2) is 5.58 Å². The van der Waals surface area contributed by atoms with E-state index in [0.29, 0.717) is 11.1 Å². The third-order valence-corrected chi connectivity index (χ3v) is 5.63. The maximum absolute atomic E-state index is 13.2. The van der Waals surface area contributed by atoms with Crippen molar-refractivity contribution in [2.24, 2.45) is 0 Å². The van der Waals surface area contributed by atoms with Crippen molar-refractivity contribution < 1.29 is 32.3 Å². The minimum atomic E-state index is -4.71. The van der Waals surface area contributed by atoms with Crippen LogP contribution in [0.3, 0.4) is 0 Å². The van der Waals surface area contributed by atoms with Crippen LogP contribution in [-0.4, -0.2) is 22.0 Å². The summed E-state index contributed by atoms with van der Waals surface area (Å²) in [5.41, 5.74) is -0.723. The Bertz CT molecular complexity index is 1300. The highest BCUT2D eigenvalue weighted by atomic mass is 35.5. The highest BCUT2D eigenvalue weighted by Crippen LogP contribution is 2.41. The number of oxazole rings is 1. The molecule has 158 valence electrons. The second-order valence-electron chi connectivity index (χ2n) is 6.29. The van der Waals surface area contributed by atoms with Crippen LogP contribution >= 0.6 is 22.9 Å². The molecule has 0 saturated heterocycles. The molecule has 0 saturated carbocycles. The second-order valence-corrected chi connectivity index (χ2v) is 7.58. The Morgan fingerprint density at radius 3 is 2.58 bits per heavy atom. The van der Waals surface area contributed by atoms with Gasteiger partial charge in [0, 0.05) is 5.38 Å². The van der Waals surface area contributed by atoms with Crippen molar-refractivity contribution in [3.63, 3.8) is 0 Å². The lowest BCUT2D eigenvalue weighted by atomic mass is 10.1. The summed E-state index contributed by atoms with van der Waals surface area (Å²) in [7, 11) is 0. The molecule has 1 amide bonds. The molecule has 11 heteroatoms. The average Bonchev–Trinajstić information content (AvgIpc) is 3.31. The molecule has 0 bridgehead atoms. The number of carboxylic acid groups (broad SMARTS) is 1. The zero-order valence-corrected chi connectivity index (χ0v) is 16.7. The summed E-state index contributed by atoms with van der Waals surface area (Å²) < 4.78 is 44.9. The number of rotatable bonds is 4. The summed E-state index contributed by atoms with van der Waals surface area (Å²) in [6.45, 7) is 0. The first-order valence-electron chi connectivity index (χ1n) is 8.54. The molecule has 0 atom stereocenters. The highest BCUT2D eigenvalue weighted by Gasteiger charge is 2.34. The van der Waals surface area contributed by atoms with E-state index in [9.17, 15) is 27.9 Å². The van der Waals surface area contributed by atoms with Gasteiger partial charge < -0.3 is 14.8 Å². The molecule has 2 aromatic carbocycles. The molecule has 2 heterocycles. The third-order valence-electron chi connectivity index (χ3n) is 4.28. The fourth-order valence-corrected chi connectivity index (χ4v) is 4.12. The van der Waals surface area contributed by atoms with Crippen LogP contribution in [0.5, 0.6) is 0 Å². The molecule has 0 aliphatic heterocycles. The lowest BCUT2D eigenvalue weighted by Crippen LogP contribution is -2.14. The standard InChI is InChI=1S/C20H10ClF3N2O4S/c21-11-6-5-9(7-10(11)20(22,23)24)16-15(19(28)29)13(8-31-16)25-17(27)18-26-12-3-1-2-4-14(12)30-18/h1-8H,(H,25,27)(H,28,29). The number of nitrogens with one attached hydrogen (secondary N) is 1. The molecule has 31 heavy (non-hydrogen) atoms. The predicted molar refractivity (Wildman–Crippen MR) is 109 cm³/mol. The van der Waals surface area contributed by atoms with E-state index in [1.807, 2.05) is 0 Å². The monoisotopic (exact) mass is 466 g/mol. The Balaban J connectivity index is 1.71. The van der Waals surface area contributed by atoms with E-state index < -0.39 is 28.6 Å². The van der Waals surface area contributed by atoms with E-state index in [2.05, 4.69) is 10.3 Å². The number of carbonyl (C=O) groups is 2. The van der Waals surface area contributed by atoms with Crippen molar-refractivity contribution in [2.75, 3.05) is 5.32 Å². The number of thiophene rings is 1. The zero-order chi connectivity index (χ0) is 22.3. The number of aromatic carboxylic acids is 1. The average molecular weight is 467 g/mol. The summed E-state index contributed by atoms with van der Waals surface area (Å²) in [5, 5.41) is 12.9. The Hall–Kier alpha value is -3.37. The van der Waals surface area contributed by atoms with E-state index >= 15 is 0 Å². The van der Waals surface area contributed by atoms with Gasteiger partial charge in [0.25, 0.3) is 5.89 Å². The van der Waals surface area contributed by atoms with Gasteiger partial charge >= 0.3 is 18.1 Å². The first-order valence-corrected chi connectivity index (χ1v) is 9.79. The van der Waals surface area contributed by atoms with Crippen LogP contribution in [0.25, 0.3) is 21.5 Å². The molecular weight excluding hydrogens is 457 g/mol. The molecular formula is C20H10ClF3N2O4S. The van der Waals surface area contributed by atoms with Gasteiger partial charge in [-0.05, 0) is 29.8 Å². The van der Waals surface area contributed by atoms with Crippen molar-refractivity contribution >= 4 is 51.6 Å². The van der Waals surface area contributed by atoms with E-state index in [1.165, 1.54) is 11.4 Å². The summed E-state index contributed by atoms with van der Waals surface area (Å²) >= 11 is 6.51. The van der Waals surface area contributed by atoms with Gasteiger partial charge in [0.05, 0.1) is 21.2 Å². The molecule has 4 rings (SSSR count). The Morgan fingerprint density at radius 2 is 1.90 bits per heavy atom. The van der Waals surface area contributed by atoms with Crippen molar-refractivity contribution in [1.29, 1.82) is 0 Å². The van der Waals surface area contributed by atoms with Crippen LogP contribution in [0.15, 0.2) is 52.3 Å². The minimum Gasteiger partial charge on any atom is -0.478 e. The summed E-state index contributed by atoms with van der Waals surface area (Å²) in [4.78, 5) is 28.4. The molecule has 0 unspecified atom stereocenters. The highest BCUT2D eigenvalue weighted by molar-refractivity contribution is 7.14. The maximum Gasteiger partial charge on any atom is 0.417 e. The number of benzene rings is 2. The quantitative estimate of drug-likeness (QED) is 0.374. The first-order chi connectivity index (χ1) is 14.6. The second kappa shape index (κ2) is 7.71. The number of hydrogen-bond donors (Lipinski definition) is 2. The van der Waals surface area contributed by atoms with Gasteiger partial charge in [-0.2, -0.15) is 13.2 Å². The van der Waals surface area contributed by atoms with E-state index in [1.54, 1.807) is 24.3 Å². The van der Waals surface area contributed by atoms with Gasteiger partial charge in [-0.15, -0.1) is 11.3 Å². The number of carbonyl (C=O) groups excluding carboxylic acids is 1. The fraction of sp³-hybridized carbons (Fsp3) is 0.0500. The SMILES string of the molecule is O=C(Nc1csc(-c2ccc(Cl)c(C(F)(F)F)c2)c1C(=O)O)c1nc2ccccc2o1. The summed E-state index contributed by atoms with van der Waals surface area (Å²) in [6, 6.07) is 9.76. The number of fused-ring (bicyclic) bond motifs is 1. The summed E-state index contributed by atoms with van der Waals surface area (Å²) in [5.74, 6) is -2.50. The third kappa shape index (κ3) is 3.99. The number of amides is 1. The van der Waals surface area contributed by atoms with Gasteiger partial charge in [-0.25, -0.2) is 9.78 Å². The van der Waals surface area contributed by atoms with Crippen LogP contribution in [0.2, 0.25) is 5.02 Å². The van der Waals surface area contributed by atoms with Gasteiger partial charge in [0.2, 0.25) is 0 Å². The molecule has 0 fully saturated rings. The van der Waals surface area contributed by atoms with E-state index in [-0.39, 0.29) is 27.6 Å². The topological polar surface area (TPSA) is 92.4 Å². The Labute approximate surface area is 180 Å². The number of carboxylic acids is 1. The molecule has 2 aromatic heterocycles. The van der Waals surface area contributed by atoms with Crippen molar-refractivity contribution in [2.45, 2.75) is 6.18 Å². The summed E-state index contributed by atoms with van der Waals surface area (Å²) in [6.07, 6.45) is -4.71. The molecule has 0 aliphatic carbocycles. The van der Waals surface area contributed by atoms with Gasteiger partial charge in [-0.3, -0.25) is 4.79 Å². The van der Waals surface area contributed by atoms with Crippen LogP contribution < -0.4 is 5.32 Å². The smallest absolute Gasteiger partial charge is 0.417 e. The number of para-hydroxylation sites is 2. The van der Waals surface area contributed by atoms with Gasteiger partial charge in [0.1, 0.15) is 11.1 Å².